The minimum absolute atomic E-state index is 0.359. The Morgan fingerprint density at radius 1 is 1.42 bits per heavy atom. The van der Waals surface area contributed by atoms with E-state index in [1.165, 1.54) is 24.0 Å². The predicted octanol–water partition coefficient (Wildman–Crippen LogP) is 2.23. The van der Waals surface area contributed by atoms with E-state index in [2.05, 4.69) is 34.3 Å². The summed E-state index contributed by atoms with van der Waals surface area (Å²) in [6, 6.07) is 6.33. The van der Waals surface area contributed by atoms with Crippen LogP contribution in [0.3, 0.4) is 0 Å². The lowest BCUT2D eigenvalue weighted by molar-refractivity contribution is 0.156. The summed E-state index contributed by atoms with van der Waals surface area (Å²) >= 11 is 0. The summed E-state index contributed by atoms with van der Waals surface area (Å²) in [5, 5.41) is 3.52. The fraction of sp³-hybridized carbons (Fsp3) is 0.632. The molecule has 2 saturated heterocycles. The highest BCUT2D eigenvalue weighted by Crippen LogP contribution is 2.38. The van der Waals surface area contributed by atoms with Crippen molar-refractivity contribution in [3.8, 4) is 5.75 Å². The van der Waals surface area contributed by atoms with Crippen LogP contribution >= 0.6 is 0 Å². The second kappa shape index (κ2) is 7.43. The molecule has 1 N–H and O–H groups in total. The van der Waals surface area contributed by atoms with Crippen molar-refractivity contribution in [2.75, 3.05) is 47.0 Å². The summed E-state index contributed by atoms with van der Waals surface area (Å²) in [5.74, 6) is 1.96. The Balaban J connectivity index is 1.55. The maximum atomic E-state index is 5.62. The van der Waals surface area contributed by atoms with Gasteiger partial charge < -0.3 is 19.7 Å². The monoisotopic (exact) mass is 331 g/mol. The number of ether oxygens (including phenoxy) is 2. The Hall–Kier alpha value is -1.75. The number of aliphatic imine (C=N–C) groups is 1. The van der Waals surface area contributed by atoms with E-state index in [4.69, 9.17) is 9.47 Å². The molecule has 3 rings (SSSR count). The van der Waals surface area contributed by atoms with Gasteiger partial charge in [0, 0.05) is 38.7 Å². The number of guanidine groups is 1. The number of nitrogens with one attached hydrogen (secondary N) is 1. The van der Waals surface area contributed by atoms with Crippen LogP contribution in [-0.4, -0.2) is 57.9 Å². The Morgan fingerprint density at radius 3 is 3.00 bits per heavy atom. The van der Waals surface area contributed by atoms with Crippen molar-refractivity contribution >= 4 is 5.96 Å². The fourth-order valence-electron chi connectivity index (χ4n) is 3.83. The average Bonchev–Trinajstić information content (AvgIpc) is 3.22. The molecule has 1 aromatic carbocycles. The highest BCUT2D eigenvalue weighted by molar-refractivity contribution is 5.80. The lowest BCUT2D eigenvalue weighted by atomic mass is 9.87. The Morgan fingerprint density at radius 2 is 2.29 bits per heavy atom. The first-order valence-corrected chi connectivity index (χ1v) is 8.83. The molecular weight excluding hydrogens is 302 g/mol. The summed E-state index contributed by atoms with van der Waals surface area (Å²) in [6.45, 7) is 6.90. The van der Waals surface area contributed by atoms with Crippen molar-refractivity contribution < 1.29 is 9.47 Å². The molecule has 1 atom stereocenters. The first-order chi connectivity index (χ1) is 11.7. The molecule has 0 aromatic heterocycles. The molecule has 1 spiro atoms. The largest absolute Gasteiger partial charge is 0.496 e. The first-order valence-electron chi connectivity index (χ1n) is 8.83. The van der Waals surface area contributed by atoms with Crippen LogP contribution in [0.1, 0.15) is 24.0 Å². The summed E-state index contributed by atoms with van der Waals surface area (Å²) < 4.78 is 11.1. The van der Waals surface area contributed by atoms with Gasteiger partial charge in [-0.25, -0.2) is 0 Å². The van der Waals surface area contributed by atoms with Gasteiger partial charge >= 0.3 is 0 Å². The van der Waals surface area contributed by atoms with Crippen LogP contribution in [0, 0.1) is 12.3 Å². The number of aryl methyl sites for hydroxylation is 1. The van der Waals surface area contributed by atoms with Crippen molar-refractivity contribution in [2.24, 2.45) is 10.4 Å². The van der Waals surface area contributed by atoms with Gasteiger partial charge in [-0.15, -0.1) is 0 Å². The highest BCUT2D eigenvalue weighted by Gasteiger charge is 2.42. The molecule has 5 nitrogen and oxygen atoms in total. The van der Waals surface area contributed by atoms with Crippen LogP contribution in [-0.2, 0) is 11.2 Å². The summed E-state index contributed by atoms with van der Waals surface area (Å²) in [4.78, 5) is 6.85. The van der Waals surface area contributed by atoms with Crippen LogP contribution < -0.4 is 10.1 Å². The van der Waals surface area contributed by atoms with E-state index in [0.717, 1.165) is 51.0 Å². The second-order valence-corrected chi connectivity index (χ2v) is 7.01. The third-order valence-electron chi connectivity index (χ3n) is 5.25. The van der Waals surface area contributed by atoms with Gasteiger partial charge in [0.15, 0.2) is 5.96 Å². The van der Waals surface area contributed by atoms with Gasteiger partial charge in [0.25, 0.3) is 0 Å². The van der Waals surface area contributed by atoms with E-state index in [1.54, 1.807) is 7.11 Å². The number of methoxy groups -OCH3 is 1. The Bertz CT molecular complexity index is 594. The predicted molar refractivity (Wildman–Crippen MR) is 96.9 cm³/mol. The van der Waals surface area contributed by atoms with Crippen LogP contribution in [0.4, 0.5) is 0 Å². The molecule has 2 aliphatic rings. The van der Waals surface area contributed by atoms with Crippen molar-refractivity contribution in [1.82, 2.24) is 10.2 Å². The number of rotatable bonds is 4. The van der Waals surface area contributed by atoms with Crippen LogP contribution in [0.2, 0.25) is 0 Å². The maximum Gasteiger partial charge on any atom is 0.193 e. The number of nitrogens with zero attached hydrogens (tertiary/aromatic N) is 2. The smallest absolute Gasteiger partial charge is 0.193 e. The van der Waals surface area contributed by atoms with E-state index in [-0.39, 0.29) is 0 Å². The van der Waals surface area contributed by atoms with Gasteiger partial charge in [0.2, 0.25) is 0 Å². The normalized spacial score (nSPS) is 24.0. The van der Waals surface area contributed by atoms with Crippen LogP contribution in [0.5, 0.6) is 5.75 Å². The minimum atomic E-state index is 0.359. The number of benzene rings is 1. The maximum absolute atomic E-state index is 5.62. The number of hydrogen-bond donors (Lipinski definition) is 1. The average molecular weight is 331 g/mol. The van der Waals surface area contributed by atoms with Crippen molar-refractivity contribution in [2.45, 2.75) is 26.2 Å². The summed E-state index contributed by atoms with van der Waals surface area (Å²) in [6.07, 6.45) is 3.31. The van der Waals surface area contributed by atoms with Crippen LogP contribution in [0.15, 0.2) is 23.2 Å². The molecule has 2 heterocycles. The highest BCUT2D eigenvalue weighted by atomic mass is 16.5. The third-order valence-corrected chi connectivity index (χ3v) is 5.25. The SMILES string of the molecule is CN=C(NCCc1cc(C)ccc1OC)N1CCC2(CCOC2)C1. The molecule has 0 radical (unpaired) electrons. The molecule has 0 aliphatic carbocycles. The lowest BCUT2D eigenvalue weighted by Gasteiger charge is -2.25. The van der Waals surface area contributed by atoms with E-state index < -0.39 is 0 Å². The molecule has 0 amide bonds. The topological polar surface area (TPSA) is 46.1 Å². The molecule has 0 saturated carbocycles. The van der Waals surface area contributed by atoms with Crippen molar-refractivity contribution in [3.63, 3.8) is 0 Å². The van der Waals surface area contributed by atoms with E-state index in [0.29, 0.717) is 5.41 Å². The van der Waals surface area contributed by atoms with Crippen molar-refractivity contribution in [3.05, 3.63) is 29.3 Å². The number of hydrogen-bond acceptors (Lipinski definition) is 3. The molecule has 1 aromatic rings. The minimum Gasteiger partial charge on any atom is -0.496 e. The second-order valence-electron chi connectivity index (χ2n) is 7.01. The summed E-state index contributed by atoms with van der Waals surface area (Å²) in [5.41, 5.74) is 2.86. The van der Waals surface area contributed by atoms with E-state index >= 15 is 0 Å². The van der Waals surface area contributed by atoms with Crippen LogP contribution in [0.25, 0.3) is 0 Å². The zero-order valence-electron chi connectivity index (χ0n) is 15.1. The molecule has 0 bridgehead atoms. The van der Waals surface area contributed by atoms with Crippen molar-refractivity contribution in [1.29, 1.82) is 0 Å². The number of likely N-dealkylation sites (tertiary alicyclic amines) is 1. The van der Waals surface area contributed by atoms with Gasteiger partial charge in [0.1, 0.15) is 5.75 Å². The molecule has 132 valence electrons. The Kier molecular flexibility index (Phi) is 5.29. The molecule has 5 heteroatoms. The van der Waals surface area contributed by atoms with Gasteiger partial charge in [-0.2, -0.15) is 0 Å². The van der Waals surface area contributed by atoms with E-state index in [1.807, 2.05) is 13.1 Å². The molecule has 2 aliphatic heterocycles. The molecule has 24 heavy (non-hydrogen) atoms. The van der Waals surface area contributed by atoms with Gasteiger partial charge in [-0.1, -0.05) is 17.7 Å². The quantitative estimate of drug-likeness (QED) is 0.679. The molecule has 2 fully saturated rings. The van der Waals surface area contributed by atoms with E-state index in [9.17, 15) is 0 Å². The molecular formula is C19H29N3O2. The zero-order chi connectivity index (χ0) is 17.0. The van der Waals surface area contributed by atoms with Gasteiger partial charge in [-0.3, -0.25) is 4.99 Å². The standard InChI is InChI=1S/C19H29N3O2/c1-15-4-5-17(23-3)16(12-15)6-9-21-18(20-2)22-10-7-19(13-22)8-11-24-14-19/h4-5,12H,6-11,13-14H2,1-3H3,(H,20,21). The van der Waals surface area contributed by atoms with Gasteiger partial charge in [0.05, 0.1) is 13.7 Å². The Labute approximate surface area is 145 Å². The fourth-order valence-corrected chi connectivity index (χ4v) is 3.83. The molecule has 1 unspecified atom stereocenters. The lowest BCUT2D eigenvalue weighted by Crippen LogP contribution is -2.42. The van der Waals surface area contributed by atoms with Gasteiger partial charge in [-0.05, 0) is 37.8 Å². The third kappa shape index (κ3) is 3.66. The first kappa shape index (κ1) is 17.1. The summed E-state index contributed by atoms with van der Waals surface area (Å²) in [7, 11) is 3.60. The zero-order valence-corrected chi connectivity index (χ0v) is 15.1.